The number of alkyl halides is 3. The van der Waals surface area contributed by atoms with E-state index in [-0.39, 0.29) is 17.7 Å². The zero-order valence-electron chi connectivity index (χ0n) is 26.4. The molecule has 1 aliphatic rings. The third-order valence-corrected chi connectivity index (χ3v) is 8.56. The van der Waals surface area contributed by atoms with Crippen LogP contribution in [0.3, 0.4) is 0 Å². The van der Waals surface area contributed by atoms with Gasteiger partial charge in [-0.25, -0.2) is 4.79 Å². The summed E-state index contributed by atoms with van der Waals surface area (Å²) in [5.74, 6) is -0.128. The number of fused-ring (bicyclic) bond motifs is 3. The highest BCUT2D eigenvalue weighted by atomic mass is 32.1. The maximum absolute atomic E-state index is 14.3. The summed E-state index contributed by atoms with van der Waals surface area (Å²) in [5.41, 5.74) is 1.68. The van der Waals surface area contributed by atoms with Crippen molar-refractivity contribution in [2.45, 2.75) is 65.8 Å². The van der Waals surface area contributed by atoms with Crippen LogP contribution in [0.1, 0.15) is 72.0 Å². The predicted molar refractivity (Wildman–Crippen MR) is 167 cm³/mol. The van der Waals surface area contributed by atoms with Gasteiger partial charge in [-0.2, -0.15) is 13.2 Å². The van der Waals surface area contributed by atoms with Gasteiger partial charge in [0, 0.05) is 16.0 Å². The van der Waals surface area contributed by atoms with Crippen molar-refractivity contribution >= 4 is 29.0 Å². The average molecular weight is 655 g/mol. The summed E-state index contributed by atoms with van der Waals surface area (Å²) in [6.45, 7) is 10.3. The van der Waals surface area contributed by atoms with E-state index in [1.807, 2.05) is 25.3 Å². The van der Waals surface area contributed by atoms with Crippen LogP contribution in [0.15, 0.2) is 47.5 Å². The van der Waals surface area contributed by atoms with Crippen LogP contribution in [0.25, 0.3) is 16.1 Å². The summed E-state index contributed by atoms with van der Waals surface area (Å²) in [5, 5.41) is 9.44. The fourth-order valence-electron chi connectivity index (χ4n) is 5.19. The molecule has 0 fully saturated rings. The minimum atomic E-state index is -4.70. The number of aliphatic imine (C=N–C) groups is 1. The first-order valence-corrected chi connectivity index (χ1v) is 15.2. The van der Waals surface area contributed by atoms with Crippen LogP contribution in [0.2, 0.25) is 0 Å². The molecule has 1 aliphatic heterocycles. The van der Waals surface area contributed by atoms with Crippen molar-refractivity contribution in [3.05, 3.63) is 81.2 Å². The number of thiophene rings is 1. The Balaban J connectivity index is 1.53. The van der Waals surface area contributed by atoms with Gasteiger partial charge in [-0.1, -0.05) is 30.3 Å². The molecule has 3 heterocycles. The second-order valence-corrected chi connectivity index (χ2v) is 13.0. The number of aryl methyl sites for hydroxylation is 2. The van der Waals surface area contributed by atoms with E-state index in [0.29, 0.717) is 28.5 Å². The van der Waals surface area contributed by atoms with Crippen LogP contribution >= 0.6 is 11.3 Å². The van der Waals surface area contributed by atoms with Crippen LogP contribution in [-0.2, 0) is 25.2 Å². The van der Waals surface area contributed by atoms with Gasteiger partial charge in [0.2, 0.25) is 0 Å². The Morgan fingerprint density at radius 1 is 0.957 bits per heavy atom. The summed E-state index contributed by atoms with van der Waals surface area (Å²) < 4.78 is 60.1. The first kappa shape index (κ1) is 32.9. The quantitative estimate of drug-likeness (QED) is 0.196. The number of rotatable bonds is 7. The van der Waals surface area contributed by atoms with Crippen molar-refractivity contribution < 1.29 is 37.0 Å². The number of methoxy groups -OCH3 is 1. The minimum Gasteiger partial charge on any atom is -0.482 e. The Hall–Kier alpha value is -4.52. The minimum absolute atomic E-state index is 0.0554. The fourth-order valence-corrected chi connectivity index (χ4v) is 6.40. The zero-order chi connectivity index (χ0) is 33.6. The number of hydrogen-bond acceptors (Lipinski definition) is 9. The van der Waals surface area contributed by atoms with Gasteiger partial charge in [-0.15, -0.1) is 21.5 Å². The number of hydrogen-bond donors (Lipinski definition) is 0. The second kappa shape index (κ2) is 12.3. The maximum atomic E-state index is 14.3. The first-order valence-electron chi connectivity index (χ1n) is 14.4. The summed E-state index contributed by atoms with van der Waals surface area (Å²) in [4.78, 5) is 30.5. The van der Waals surface area contributed by atoms with E-state index in [4.69, 9.17) is 19.2 Å². The molecule has 5 rings (SSSR count). The third kappa shape index (κ3) is 6.69. The van der Waals surface area contributed by atoms with E-state index in [9.17, 15) is 22.8 Å². The van der Waals surface area contributed by atoms with E-state index < -0.39 is 41.9 Å². The topological polar surface area (TPSA) is 105 Å². The Morgan fingerprint density at radius 3 is 2.26 bits per heavy atom. The molecule has 0 amide bonds. The average Bonchev–Trinajstić information content (AvgIpc) is 3.46. The molecule has 2 aromatic carbocycles. The lowest BCUT2D eigenvalue weighted by atomic mass is 9.95. The smallest absolute Gasteiger partial charge is 0.417 e. The normalized spacial score (nSPS) is 14.6. The Bertz CT molecular complexity index is 1840. The Kier molecular flexibility index (Phi) is 8.82. The first-order chi connectivity index (χ1) is 21.6. The summed E-state index contributed by atoms with van der Waals surface area (Å²) in [6, 6.07) is 9.51. The number of esters is 2. The van der Waals surface area contributed by atoms with Gasteiger partial charge < -0.3 is 14.2 Å². The molecule has 242 valence electrons. The molecule has 9 nitrogen and oxygen atoms in total. The van der Waals surface area contributed by atoms with Gasteiger partial charge >= 0.3 is 18.1 Å². The van der Waals surface area contributed by atoms with Crippen molar-refractivity contribution in [2.75, 3.05) is 13.7 Å². The summed E-state index contributed by atoms with van der Waals surface area (Å²) >= 11 is 1.55. The van der Waals surface area contributed by atoms with Crippen LogP contribution in [0.4, 0.5) is 13.2 Å². The third-order valence-electron chi connectivity index (χ3n) is 7.37. The maximum Gasteiger partial charge on any atom is 0.417 e. The molecule has 2 aromatic heterocycles. The number of carbonyl (C=O) groups excluding carboxylic acids is 2. The van der Waals surface area contributed by atoms with E-state index in [2.05, 4.69) is 10.2 Å². The molecule has 0 radical (unpaired) electrons. The largest absolute Gasteiger partial charge is 0.482 e. The highest BCUT2D eigenvalue weighted by molar-refractivity contribution is 7.15. The van der Waals surface area contributed by atoms with Gasteiger partial charge in [0.25, 0.3) is 0 Å². The Morgan fingerprint density at radius 2 is 1.63 bits per heavy atom. The summed E-state index contributed by atoms with van der Waals surface area (Å²) in [6.07, 6.45) is -4.77. The lowest BCUT2D eigenvalue weighted by molar-refractivity contribution is -0.157. The highest BCUT2D eigenvalue weighted by Crippen LogP contribution is 2.42. The van der Waals surface area contributed by atoms with Crippen molar-refractivity contribution in [3.8, 4) is 21.9 Å². The van der Waals surface area contributed by atoms with Crippen LogP contribution < -0.4 is 4.74 Å². The number of benzene rings is 2. The molecule has 0 saturated heterocycles. The van der Waals surface area contributed by atoms with Crippen LogP contribution in [0.5, 0.6) is 5.75 Å². The van der Waals surface area contributed by atoms with Crippen molar-refractivity contribution in [1.82, 2.24) is 14.8 Å². The van der Waals surface area contributed by atoms with Gasteiger partial charge in [0.15, 0.2) is 12.4 Å². The van der Waals surface area contributed by atoms with Gasteiger partial charge in [-0.3, -0.25) is 14.4 Å². The molecule has 0 bridgehead atoms. The molecule has 13 heteroatoms. The monoisotopic (exact) mass is 654 g/mol. The lowest BCUT2D eigenvalue weighted by Gasteiger charge is -2.20. The van der Waals surface area contributed by atoms with Crippen molar-refractivity contribution in [3.63, 3.8) is 0 Å². The van der Waals surface area contributed by atoms with Gasteiger partial charge in [-0.05, 0) is 70.4 Å². The molecule has 46 heavy (non-hydrogen) atoms. The van der Waals surface area contributed by atoms with E-state index in [0.717, 1.165) is 27.1 Å². The van der Waals surface area contributed by atoms with E-state index >= 15 is 0 Å². The molecular formula is C33H33F3N4O5S. The zero-order valence-corrected chi connectivity index (χ0v) is 27.2. The van der Waals surface area contributed by atoms with E-state index in [1.54, 1.807) is 56.4 Å². The lowest BCUT2D eigenvalue weighted by Crippen LogP contribution is -2.27. The van der Waals surface area contributed by atoms with Crippen molar-refractivity contribution in [1.29, 1.82) is 0 Å². The molecule has 0 aliphatic carbocycles. The molecular weight excluding hydrogens is 621 g/mol. The van der Waals surface area contributed by atoms with Crippen LogP contribution in [0, 0.1) is 20.8 Å². The molecule has 0 spiro atoms. The fraction of sp³-hybridized carbons (Fsp3) is 0.364. The Labute approximate surface area is 268 Å². The highest BCUT2D eigenvalue weighted by Gasteiger charge is 2.35. The number of carbonyl (C=O) groups is 2. The van der Waals surface area contributed by atoms with E-state index in [1.165, 1.54) is 19.2 Å². The predicted octanol–water partition coefficient (Wildman–Crippen LogP) is 7.12. The molecule has 0 unspecified atom stereocenters. The number of ether oxygens (including phenoxy) is 3. The van der Waals surface area contributed by atoms with Gasteiger partial charge in [0.05, 0.1) is 24.8 Å². The van der Waals surface area contributed by atoms with Crippen molar-refractivity contribution in [2.24, 2.45) is 4.99 Å². The standard InChI is InChI=1S/C33H33F3N4O5S/c1-17-18(2)46-31-28(17)29(37-25(15-26(41)43-7)30-39-38-19(3)40(30)31)21-10-8-20(9-11-21)23-13-12-22(14-24(23)33(34,35)36)44-16-27(42)45-32(4,5)6/h8-14,25H,15-16H2,1-7H3/t25-/m0/s1. The number of halogens is 3. The molecule has 4 aromatic rings. The van der Waals surface area contributed by atoms with Crippen LogP contribution in [-0.4, -0.2) is 51.7 Å². The SMILES string of the molecule is COC(=O)C[C@@H]1N=C(c2ccc(-c3ccc(OCC(=O)OC(C)(C)C)cc3C(F)(F)F)cc2)c2c(sc(C)c2C)-n2c(C)nnc21. The number of nitrogens with zero attached hydrogens (tertiary/aromatic N) is 4. The summed E-state index contributed by atoms with van der Waals surface area (Å²) in [7, 11) is 1.30. The van der Waals surface area contributed by atoms with Gasteiger partial charge in [0.1, 0.15) is 28.2 Å². The number of aromatic nitrogens is 3. The second-order valence-electron chi connectivity index (χ2n) is 11.8. The molecule has 0 saturated carbocycles. The molecule has 1 atom stereocenters. The molecule has 0 N–H and O–H groups in total.